The Morgan fingerprint density at radius 2 is 1.86 bits per heavy atom. The molecule has 0 aliphatic heterocycles. The highest BCUT2D eigenvalue weighted by Crippen LogP contribution is 2.30. The van der Waals surface area contributed by atoms with Crippen molar-refractivity contribution in [3.63, 3.8) is 0 Å². The van der Waals surface area contributed by atoms with Crippen LogP contribution in [0.4, 0.5) is 0 Å². The second kappa shape index (κ2) is 3.54. The average molecular weight is 183 g/mol. The fourth-order valence-electron chi connectivity index (χ4n) is 1.52. The van der Waals surface area contributed by atoms with Crippen molar-refractivity contribution in [2.45, 2.75) is 6.92 Å². The number of hydrogen-bond acceptors (Lipinski definition) is 1. The van der Waals surface area contributed by atoms with Crippen molar-refractivity contribution in [1.82, 2.24) is 0 Å². The van der Waals surface area contributed by atoms with Crippen LogP contribution in [0.1, 0.15) is 5.56 Å². The molecule has 0 amide bonds. The highest BCUT2D eigenvalue weighted by atomic mass is 16.3. The number of aromatic hydroxyl groups is 1. The van der Waals surface area contributed by atoms with E-state index in [-0.39, 0.29) is 5.75 Å². The minimum atomic E-state index is 0.279. The van der Waals surface area contributed by atoms with E-state index < -0.39 is 0 Å². The standard InChI is InChI=1S/C13H11O/c1-10-6-2-3-7-11(10)12-8-4-5-9-13(12)14/h2-4,6-9,14H,1H3. The molecule has 0 bridgehead atoms. The van der Waals surface area contributed by atoms with E-state index in [1.54, 1.807) is 6.07 Å². The van der Waals surface area contributed by atoms with Crippen LogP contribution in [-0.2, 0) is 0 Å². The molecule has 0 aliphatic rings. The van der Waals surface area contributed by atoms with Gasteiger partial charge in [-0.1, -0.05) is 36.4 Å². The zero-order valence-electron chi connectivity index (χ0n) is 7.99. The van der Waals surface area contributed by atoms with Crippen molar-refractivity contribution >= 4 is 0 Å². The maximum absolute atomic E-state index is 9.66. The summed E-state index contributed by atoms with van der Waals surface area (Å²) in [5.74, 6) is 0.279. The minimum absolute atomic E-state index is 0.279. The Morgan fingerprint density at radius 1 is 1.07 bits per heavy atom. The molecule has 0 aliphatic carbocycles. The summed E-state index contributed by atoms with van der Waals surface area (Å²) in [5, 5.41) is 9.66. The fraction of sp³-hybridized carbons (Fsp3) is 0.0769. The molecule has 2 aromatic rings. The average Bonchev–Trinajstić information content (AvgIpc) is 2.20. The van der Waals surface area contributed by atoms with Gasteiger partial charge in [0.2, 0.25) is 0 Å². The second-order valence-electron chi connectivity index (χ2n) is 3.26. The van der Waals surface area contributed by atoms with Crippen LogP contribution < -0.4 is 0 Å². The van der Waals surface area contributed by atoms with Gasteiger partial charge in [-0.25, -0.2) is 0 Å². The lowest BCUT2D eigenvalue weighted by atomic mass is 10.0. The Labute approximate surface area is 83.6 Å². The molecule has 1 radical (unpaired) electrons. The van der Waals surface area contributed by atoms with Crippen LogP contribution in [0.25, 0.3) is 11.1 Å². The van der Waals surface area contributed by atoms with Crippen molar-refractivity contribution in [2.24, 2.45) is 0 Å². The highest BCUT2D eigenvalue weighted by molar-refractivity contribution is 5.72. The Morgan fingerprint density at radius 3 is 2.57 bits per heavy atom. The van der Waals surface area contributed by atoms with Gasteiger partial charge in [-0.05, 0) is 30.2 Å². The zero-order chi connectivity index (χ0) is 9.97. The Hall–Kier alpha value is -1.76. The van der Waals surface area contributed by atoms with Crippen LogP contribution in [-0.4, -0.2) is 5.11 Å². The second-order valence-corrected chi connectivity index (χ2v) is 3.26. The van der Waals surface area contributed by atoms with Crippen molar-refractivity contribution < 1.29 is 5.11 Å². The lowest BCUT2D eigenvalue weighted by Crippen LogP contribution is -1.82. The molecule has 69 valence electrons. The first-order chi connectivity index (χ1) is 6.79. The maximum atomic E-state index is 9.66. The predicted octanol–water partition coefficient (Wildman–Crippen LogP) is 3.17. The van der Waals surface area contributed by atoms with E-state index in [2.05, 4.69) is 6.07 Å². The van der Waals surface area contributed by atoms with Crippen molar-refractivity contribution in [3.05, 3.63) is 54.1 Å². The van der Waals surface area contributed by atoms with Gasteiger partial charge < -0.3 is 5.11 Å². The van der Waals surface area contributed by atoms with Gasteiger partial charge in [-0.15, -0.1) is 0 Å². The topological polar surface area (TPSA) is 20.2 Å². The molecule has 1 heteroatoms. The third kappa shape index (κ3) is 1.49. The van der Waals surface area contributed by atoms with E-state index >= 15 is 0 Å². The monoisotopic (exact) mass is 183 g/mol. The van der Waals surface area contributed by atoms with Crippen LogP contribution in [0, 0.1) is 13.0 Å². The van der Waals surface area contributed by atoms with Crippen LogP contribution in [0.2, 0.25) is 0 Å². The van der Waals surface area contributed by atoms with Gasteiger partial charge in [0, 0.05) is 5.56 Å². The number of benzene rings is 2. The van der Waals surface area contributed by atoms with Crippen LogP contribution in [0.5, 0.6) is 5.75 Å². The molecule has 2 rings (SSSR count). The molecule has 2 aromatic carbocycles. The molecule has 0 heterocycles. The van der Waals surface area contributed by atoms with E-state index in [4.69, 9.17) is 0 Å². The fourth-order valence-corrected chi connectivity index (χ4v) is 1.52. The van der Waals surface area contributed by atoms with Gasteiger partial charge in [-0.3, -0.25) is 0 Å². The van der Waals surface area contributed by atoms with Crippen molar-refractivity contribution in [1.29, 1.82) is 0 Å². The van der Waals surface area contributed by atoms with Crippen LogP contribution in [0.3, 0.4) is 0 Å². The summed E-state index contributed by atoms with van der Waals surface area (Å²) in [7, 11) is 0. The lowest BCUT2D eigenvalue weighted by Gasteiger charge is -2.06. The molecular weight excluding hydrogens is 172 g/mol. The zero-order valence-corrected chi connectivity index (χ0v) is 7.99. The number of aryl methyl sites for hydroxylation is 1. The van der Waals surface area contributed by atoms with Crippen LogP contribution >= 0.6 is 0 Å². The molecule has 0 saturated heterocycles. The Balaban J connectivity index is 2.61. The normalized spacial score (nSPS) is 10.1. The number of phenols is 1. The predicted molar refractivity (Wildman–Crippen MR) is 57.1 cm³/mol. The highest BCUT2D eigenvalue weighted by Gasteiger charge is 2.04. The Bertz CT molecular complexity index is 403. The Kier molecular flexibility index (Phi) is 2.23. The molecule has 14 heavy (non-hydrogen) atoms. The first kappa shape index (κ1) is 8.82. The van der Waals surface area contributed by atoms with Gasteiger partial charge in [0.1, 0.15) is 5.75 Å². The third-order valence-electron chi connectivity index (χ3n) is 2.28. The summed E-state index contributed by atoms with van der Waals surface area (Å²) in [6, 6.07) is 16.1. The van der Waals surface area contributed by atoms with E-state index in [0.717, 1.165) is 16.7 Å². The summed E-state index contributed by atoms with van der Waals surface area (Å²) in [5.41, 5.74) is 3.09. The molecule has 0 saturated carbocycles. The molecular formula is C13H11O. The quantitative estimate of drug-likeness (QED) is 0.720. The summed E-state index contributed by atoms with van der Waals surface area (Å²) in [6.07, 6.45) is 0. The lowest BCUT2D eigenvalue weighted by molar-refractivity contribution is 0.477. The van der Waals surface area contributed by atoms with Gasteiger partial charge >= 0.3 is 0 Å². The van der Waals surface area contributed by atoms with Gasteiger partial charge in [-0.2, -0.15) is 0 Å². The molecule has 0 atom stereocenters. The van der Waals surface area contributed by atoms with Crippen molar-refractivity contribution in [2.75, 3.05) is 0 Å². The molecule has 0 spiro atoms. The first-order valence-electron chi connectivity index (χ1n) is 4.54. The van der Waals surface area contributed by atoms with Gasteiger partial charge in [0.15, 0.2) is 0 Å². The minimum Gasteiger partial charge on any atom is -0.507 e. The van der Waals surface area contributed by atoms with E-state index in [1.165, 1.54) is 0 Å². The third-order valence-corrected chi connectivity index (χ3v) is 2.28. The summed E-state index contributed by atoms with van der Waals surface area (Å²) < 4.78 is 0. The molecule has 1 nitrogen and oxygen atoms in total. The smallest absolute Gasteiger partial charge is 0.124 e. The molecule has 0 fully saturated rings. The summed E-state index contributed by atoms with van der Waals surface area (Å²) >= 11 is 0. The number of hydrogen-bond donors (Lipinski definition) is 1. The van der Waals surface area contributed by atoms with Crippen molar-refractivity contribution in [3.8, 4) is 16.9 Å². The van der Waals surface area contributed by atoms with Crippen LogP contribution in [0.15, 0.2) is 42.5 Å². The first-order valence-corrected chi connectivity index (χ1v) is 4.54. The molecule has 0 aromatic heterocycles. The van der Waals surface area contributed by atoms with E-state index in [0.29, 0.717) is 0 Å². The van der Waals surface area contributed by atoms with Gasteiger partial charge in [0.05, 0.1) is 0 Å². The summed E-state index contributed by atoms with van der Waals surface area (Å²) in [6.45, 7) is 2.03. The largest absolute Gasteiger partial charge is 0.507 e. The molecule has 1 N–H and O–H groups in total. The molecule has 0 unspecified atom stereocenters. The summed E-state index contributed by atoms with van der Waals surface area (Å²) in [4.78, 5) is 0. The SMILES string of the molecule is Cc1ccccc1-c1cc[c]cc1O. The van der Waals surface area contributed by atoms with E-state index in [9.17, 15) is 5.11 Å². The van der Waals surface area contributed by atoms with E-state index in [1.807, 2.05) is 43.3 Å². The maximum Gasteiger partial charge on any atom is 0.124 e. The number of rotatable bonds is 1. The number of phenolic OH excluding ortho intramolecular Hbond substituents is 1. The van der Waals surface area contributed by atoms with Gasteiger partial charge in [0.25, 0.3) is 0 Å².